The Bertz CT molecular complexity index is 1920. The number of ether oxygens (including phenoxy) is 2. The van der Waals surface area contributed by atoms with Crippen LogP contribution in [0.1, 0.15) is 48.1 Å². The highest BCUT2D eigenvalue weighted by molar-refractivity contribution is 5.84. The monoisotopic (exact) mass is 721 g/mol. The van der Waals surface area contributed by atoms with E-state index in [1.165, 1.54) is 20.3 Å². The molecule has 1 saturated carbocycles. The van der Waals surface area contributed by atoms with Crippen LogP contribution in [-0.2, 0) is 30.5 Å². The number of nitrogens with one attached hydrogen (secondary N) is 2. The summed E-state index contributed by atoms with van der Waals surface area (Å²) >= 11 is 0. The Labute approximate surface area is 311 Å². The standard InChI is InChI=1S/C43H51N3O7/c1-52-38-23-28(10-15-34(38)47)11-16-35(48)41(36(49)17-12-29-22-37(50)42(51)39(24-29)53-2)43(32-18-20-46-40(44)26-32)30(21-27-7-4-3-5-8-27)13-14-31(43)25-33-9-6-19-45-33/h3-10,15,18-19,22-24,26,30-31,35,41,45-48,50-51H,11-14,16-17,20-21,25,44H2,1-2H3. The summed E-state index contributed by atoms with van der Waals surface area (Å²) in [6, 6.07) is 22.6. The summed E-state index contributed by atoms with van der Waals surface area (Å²) in [5.41, 5.74) is 10.4. The molecule has 3 aromatic carbocycles. The Balaban J connectivity index is 1.47. The number of rotatable bonds is 16. The molecule has 2 heterocycles. The second-order valence-corrected chi connectivity index (χ2v) is 14.4. The van der Waals surface area contributed by atoms with Gasteiger partial charge in [-0.25, -0.2) is 0 Å². The fraction of sp³-hybridized carbons (Fsp3) is 0.372. The van der Waals surface area contributed by atoms with E-state index in [2.05, 4.69) is 34.6 Å². The van der Waals surface area contributed by atoms with Crippen LogP contribution in [0.15, 0.2) is 103 Å². The summed E-state index contributed by atoms with van der Waals surface area (Å²) in [6.45, 7) is 0.504. The third-order valence-electron chi connectivity index (χ3n) is 11.3. The number of aryl methyl sites for hydroxylation is 2. The van der Waals surface area contributed by atoms with Crippen molar-refractivity contribution in [2.75, 3.05) is 20.8 Å². The number of hydrogen-bond donors (Lipinski definition) is 7. The van der Waals surface area contributed by atoms with Gasteiger partial charge in [0.15, 0.2) is 23.0 Å². The third kappa shape index (κ3) is 8.03. The lowest BCUT2D eigenvalue weighted by atomic mass is 9.54. The number of aromatic nitrogens is 1. The fourth-order valence-electron chi connectivity index (χ4n) is 8.96. The molecule has 4 aromatic rings. The highest BCUT2D eigenvalue weighted by Crippen LogP contribution is 2.61. The van der Waals surface area contributed by atoms with Crippen LogP contribution in [0, 0.1) is 23.2 Å². The van der Waals surface area contributed by atoms with Gasteiger partial charge in [0.2, 0.25) is 5.75 Å². The Morgan fingerprint density at radius 2 is 1.60 bits per heavy atom. The second-order valence-electron chi connectivity index (χ2n) is 14.4. The first kappa shape index (κ1) is 37.4. The number of aliphatic hydroxyl groups is 1. The number of H-pyrrole nitrogens is 1. The van der Waals surface area contributed by atoms with E-state index < -0.39 is 17.4 Å². The zero-order valence-electron chi connectivity index (χ0n) is 30.4. The van der Waals surface area contributed by atoms with E-state index >= 15 is 4.79 Å². The van der Waals surface area contributed by atoms with Gasteiger partial charge in [-0.15, -0.1) is 0 Å². The zero-order valence-corrected chi connectivity index (χ0v) is 30.4. The molecule has 6 rings (SSSR count). The van der Waals surface area contributed by atoms with E-state index in [4.69, 9.17) is 15.2 Å². The van der Waals surface area contributed by atoms with Gasteiger partial charge in [-0.2, -0.15) is 0 Å². The number of allylic oxidation sites excluding steroid dienone is 2. The van der Waals surface area contributed by atoms with Crippen molar-refractivity contribution in [3.8, 4) is 28.7 Å². The minimum atomic E-state index is -1.04. The van der Waals surface area contributed by atoms with Crippen molar-refractivity contribution in [3.05, 3.63) is 125 Å². The molecule has 1 aromatic heterocycles. The van der Waals surface area contributed by atoms with Gasteiger partial charge in [-0.3, -0.25) is 4.79 Å². The quantitative estimate of drug-likeness (QED) is 0.0677. The van der Waals surface area contributed by atoms with Crippen LogP contribution < -0.4 is 20.5 Å². The molecule has 0 amide bonds. The predicted molar refractivity (Wildman–Crippen MR) is 204 cm³/mol. The molecule has 1 aliphatic heterocycles. The van der Waals surface area contributed by atoms with Crippen LogP contribution in [0.5, 0.6) is 28.7 Å². The number of Topliss-reactive ketones (excluding diaryl/α,β-unsaturated/α-hetero) is 1. The number of nitrogens with two attached hydrogens (primary N) is 1. The van der Waals surface area contributed by atoms with E-state index in [0.717, 1.165) is 41.7 Å². The predicted octanol–water partition coefficient (Wildman–Crippen LogP) is 6.09. The zero-order chi connectivity index (χ0) is 37.5. The number of aromatic amines is 1. The highest BCUT2D eigenvalue weighted by atomic mass is 16.5. The summed E-state index contributed by atoms with van der Waals surface area (Å²) < 4.78 is 10.6. The van der Waals surface area contributed by atoms with Crippen LogP contribution in [0.3, 0.4) is 0 Å². The van der Waals surface area contributed by atoms with Gasteiger partial charge in [0.05, 0.1) is 32.1 Å². The van der Waals surface area contributed by atoms with Crippen molar-refractivity contribution in [1.82, 2.24) is 10.3 Å². The molecule has 0 bridgehead atoms. The average molecular weight is 722 g/mol. The number of hydrogen-bond acceptors (Lipinski definition) is 9. The Morgan fingerprint density at radius 3 is 2.30 bits per heavy atom. The summed E-state index contributed by atoms with van der Waals surface area (Å²) in [7, 11) is 2.91. The van der Waals surface area contributed by atoms with E-state index in [1.54, 1.807) is 18.2 Å². The number of phenolic OH excluding ortho intramolecular Hbond substituents is 3. The van der Waals surface area contributed by atoms with Gasteiger partial charge in [0.25, 0.3) is 0 Å². The number of carbonyl (C=O) groups excluding carboxylic acids is 1. The summed E-state index contributed by atoms with van der Waals surface area (Å²) in [4.78, 5) is 18.6. The van der Waals surface area contributed by atoms with Crippen LogP contribution >= 0.6 is 0 Å². The van der Waals surface area contributed by atoms with Crippen molar-refractivity contribution in [2.45, 2.75) is 57.5 Å². The number of carbonyl (C=O) groups is 1. The number of phenols is 3. The van der Waals surface area contributed by atoms with Crippen LogP contribution in [0.2, 0.25) is 0 Å². The average Bonchev–Trinajstić information content (AvgIpc) is 3.80. The molecule has 53 heavy (non-hydrogen) atoms. The van der Waals surface area contributed by atoms with Gasteiger partial charge in [0.1, 0.15) is 5.78 Å². The maximum Gasteiger partial charge on any atom is 0.200 e. The highest BCUT2D eigenvalue weighted by Gasteiger charge is 2.59. The van der Waals surface area contributed by atoms with E-state index in [1.807, 2.05) is 42.6 Å². The molecule has 5 atom stereocenters. The number of dihydropyridines is 1. The lowest BCUT2D eigenvalue weighted by molar-refractivity contribution is -0.135. The molecule has 10 heteroatoms. The molecular weight excluding hydrogens is 670 g/mol. The molecule has 10 nitrogen and oxygen atoms in total. The van der Waals surface area contributed by atoms with Gasteiger partial charge < -0.3 is 45.9 Å². The smallest absolute Gasteiger partial charge is 0.200 e. The minimum Gasteiger partial charge on any atom is -0.504 e. The normalized spacial score (nSPS) is 20.9. The maximum absolute atomic E-state index is 15.2. The fourth-order valence-corrected chi connectivity index (χ4v) is 8.96. The van der Waals surface area contributed by atoms with E-state index in [9.17, 15) is 20.4 Å². The minimum absolute atomic E-state index is 0.00607. The number of aromatic hydroxyl groups is 3. The van der Waals surface area contributed by atoms with E-state index in [0.29, 0.717) is 36.5 Å². The SMILES string of the molecule is COc1cc(CCC(O)C(C(=O)CCc2cc(O)c(O)c(OC)c2)C2(C3=CCNC(N)=C3)C(Cc3ccccc3)CCC2Cc2ccc[nH]2)ccc1O. The van der Waals surface area contributed by atoms with Gasteiger partial charge in [-0.1, -0.05) is 42.5 Å². The summed E-state index contributed by atoms with van der Waals surface area (Å²) in [5.74, 6) is -0.590. The van der Waals surface area contributed by atoms with Gasteiger partial charge in [-0.05, 0) is 122 Å². The number of aliphatic hydroxyl groups excluding tert-OH is 1. The Kier molecular flexibility index (Phi) is 11.7. The van der Waals surface area contributed by atoms with Crippen LogP contribution in [0.25, 0.3) is 0 Å². The second kappa shape index (κ2) is 16.5. The van der Waals surface area contributed by atoms with Crippen LogP contribution in [-0.4, -0.2) is 58.1 Å². The Hall–Kier alpha value is -5.35. The van der Waals surface area contributed by atoms with Crippen molar-refractivity contribution < 1.29 is 34.7 Å². The van der Waals surface area contributed by atoms with E-state index in [-0.39, 0.29) is 59.9 Å². The molecule has 5 unspecified atom stereocenters. The molecular formula is C43H51N3O7. The molecule has 1 aliphatic carbocycles. The number of methoxy groups -OCH3 is 2. The van der Waals surface area contributed by atoms with Gasteiger partial charge in [0, 0.05) is 30.3 Å². The third-order valence-corrected chi connectivity index (χ3v) is 11.3. The van der Waals surface area contributed by atoms with Crippen molar-refractivity contribution in [3.63, 3.8) is 0 Å². The van der Waals surface area contributed by atoms with Crippen molar-refractivity contribution in [1.29, 1.82) is 0 Å². The van der Waals surface area contributed by atoms with Crippen molar-refractivity contribution >= 4 is 5.78 Å². The molecule has 280 valence electrons. The Morgan fingerprint density at radius 1 is 0.868 bits per heavy atom. The molecule has 0 radical (unpaired) electrons. The van der Waals surface area contributed by atoms with Crippen molar-refractivity contribution in [2.24, 2.45) is 28.9 Å². The largest absolute Gasteiger partial charge is 0.504 e. The topological polar surface area (TPSA) is 170 Å². The van der Waals surface area contributed by atoms with Gasteiger partial charge >= 0.3 is 0 Å². The number of ketones is 1. The summed E-state index contributed by atoms with van der Waals surface area (Å²) in [5, 5.41) is 46.8. The molecule has 0 saturated heterocycles. The first-order valence-electron chi connectivity index (χ1n) is 18.4. The van der Waals surface area contributed by atoms with Crippen LogP contribution in [0.4, 0.5) is 0 Å². The first-order chi connectivity index (χ1) is 25.6. The lowest BCUT2D eigenvalue weighted by Gasteiger charge is -2.50. The molecule has 8 N–H and O–H groups in total. The first-order valence-corrected chi connectivity index (χ1v) is 18.4. The molecule has 2 aliphatic rings. The molecule has 1 fully saturated rings. The maximum atomic E-state index is 15.2. The molecule has 0 spiro atoms. The number of benzene rings is 3. The lowest BCUT2D eigenvalue weighted by Crippen LogP contribution is -2.52. The summed E-state index contributed by atoms with van der Waals surface area (Å²) in [6.07, 6.45) is 9.18.